The van der Waals surface area contributed by atoms with E-state index in [-0.39, 0.29) is 81.9 Å². The Kier molecular flexibility index (Phi) is 17.3. The van der Waals surface area contributed by atoms with Gasteiger partial charge in [0.2, 0.25) is 5.91 Å². The number of carbonyl (C=O) groups is 3. The summed E-state index contributed by atoms with van der Waals surface area (Å²) < 4.78 is 14.3. The van der Waals surface area contributed by atoms with Crippen LogP contribution in [0, 0.1) is 17.3 Å². The van der Waals surface area contributed by atoms with Crippen LogP contribution in [-0.2, 0) is 43.2 Å². The van der Waals surface area contributed by atoms with Crippen molar-refractivity contribution in [2.45, 2.75) is 91.8 Å². The molecule has 0 bridgehead atoms. The Morgan fingerprint density at radius 2 is 1.93 bits per heavy atom. The number of hydrogen-bond acceptors (Lipinski definition) is 11. The quantitative estimate of drug-likeness (QED) is 0.103. The molecule has 15 heteroatoms. The topological polar surface area (TPSA) is 159 Å². The van der Waals surface area contributed by atoms with E-state index in [4.69, 9.17) is 25.2 Å². The van der Waals surface area contributed by atoms with Crippen LogP contribution in [0.25, 0.3) is 38.8 Å². The standard InChI is InChI=1S/C39H52N7O4S.C5H9NO.K/c1-7-46-34-13-12-27(33-24-51-35(42-33)11-9-19-47)20-29(34)31(22-39(3,4)25-50-38(48)32-10-8-14-41-43-32)37(46)30-21-28(23-40-36(30)26(2)49-6)45-17-15-44(5)16-18-45;1-3-2-4(3)5(6)7;/h12-13,19-21,23-24,26,32,43H,7-11,14-18,22,25H2,1-6H3;3-4H,2H2,1H3,(H2,6,7);/q-1;;+1/t;3?,4-;/m.0./s1. The zero-order valence-corrected chi connectivity index (χ0v) is 40.2. The minimum Gasteiger partial charge on any atom is -0.597 e. The number of methoxy groups -OCH3 is 1. The van der Waals surface area contributed by atoms with Crippen molar-refractivity contribution in [3.8, 4) is 22.5 Å². The van der Waals surface area contributed by atoms with Crippen molar-refractivity contribution in [1.29, 1.82) is 0 Å². The number of anilines is 1. The Labute approximate surface area is 395 Å². The van der Waals surface area contributed by atoms with Crippen LogP contribution in [-0.4, -0.2) is 97.1 Å². The molecule has 314 valence electrons. The molecule has 3 fully saturated rings. The second kappa shape index (κ2) is 21.5. The first-order chi connectivity index (χ1) is 27.8. The molecule has 2 aliphatic heterocycles. The number of aldehydes is 1. The van der Waals surface area contributed by atoms with Crippen LogP contribution in [0.15, 0.2) is 35.8 Å². The van der Waals surface area contributed by atoms with E-state index in [1.165, 1.54) is 5.56 Å². The first-order valence-electron chi connectivity index (χ1n) is 20.7. The number of ether oxygens (including phenoxy) is 2. The van der Waals surface area contributed by atoms with E-state index in [9.17, 15) is 14.4 Å². The number of likely N-dealkylation sites (N-methyl/N-ethyl adjacent to an activating group) is 1. The summed E-state index contributed by atoms with van der Waals surface area (Å²) in [7, 11) is 3.90. The average Bonchev–Trinajstić information content (AvgIpc) is 3.66. The number of esters is 1. The predicted molar refractivity (Wildman–Crippen MR) is 231 cm³/mol. The summed E-state index contributed by atoms with van der Waals surface area (Å²) in [6.45, 7) is 16.2. The number of primary amides is 1. The molecule has 1 amide bonds. The van der Waals surface area contributed by atoms with E-state index in [1.807, 2.05) is 13.1 Å². The zero-order valence-electron chi connectivity index (χ0n) is 36.3. The van der Waals surface area contributed by atoms with Crippen molar-refractivity contribution in [1.82, 2.24) is 24.9 Å². The number of thiazole rings is 1. The first kappa shape index (κ1) is 47.5. The van der Waals surface area contributed by atoms with Gasteiger partial charge in [-0.25, -0.2) is 4.98 Å². The Balaban J connectivity index is 0.000000749. The van der Waals surface area contributed by atoms with E-state index < -0.39 is 11.5 Å². The molecule has 1 aromatic carbocycles. The third kappa shape index (κ3) is 11.9. The maximum atomic E-state index is 13.1. The number of nitrogens with two attached hydrogens (primary N) is 1. The molecule has 59 heavy (non-hydrogen) atoms. The molecule has 4 aromatic rings. The molecule has 2 saturated heterocycles. The molecule has 3 unspecified atom stereocenters. The number of nitrogens with zero attached hydrogens (tertiary/aromatic N) is 6. The minimum absolute atomic E-state index is 0. The number of carbonyl (C=O) groups excluding carboxylic acids is 3. The van der Waals surface area contributed by atoms with E-state index in [1.54, 1.807) is 18.4 Å². The molecular weight excluding hydrogens is 792 g/mol. The number of pyridine rings is 1. The third-order valence-corrected chi connectivity index (χ3v) is 12.5. The third-order valence-electron chi connectivity index (χ3n) is 11.6. The molecule has 0 radical (unpaired) electrons. The van der Waals surface area contributed by atoms with Gasteiger partial charge in [0.1, 0.15) is 6.29 Å². The van der Waals surface area contributed by atoms with Crippen LogP contribution in [0.5, 0.6) is 0 Å². The molecule has 0 spiro atoms. The van der Waals surface area contributed by atoms with Crippen LogP contribution in [0.4, 0.5) is 5.69 Å². The summed E-state index contributed by atoms with van der Waals surface area (Å²) in [6, 6.07) is 8.51. The van der Waals surface area contributed by atoms with Crippen molar-refractivity contribution in [3.63, 3.8) is 0 Å². The van der Waals surface area contributed by atoms with Gasteiger partial charge in [0.25, 0.3) is 0 Å². The molecule has 4 atom stereocenters. The fourth-order valence-electron chi connectivity index (χ4n) is 7.87. The molecule has 5 heterocycles. The summed E-state index contributed by atoms with van der Waals surface area (Å²) in [5.41, 5.74) is 20.1. The number of amides is 1. The Bertz CT molecular complexity index is 2060. The van der Waals surface area contributed by atoms with Gasteiger partial charge in [-0.3, -0.25) is 14.6 Å². The molecule has 7 rings (SSSR count). The smallest absolute Gasteiger partial charge is 0.597 e. The van der Waals surface area contributed by atoms with Crippen LogP contribution in [0.1, 0.15) is 82.7 Å². The fraction of sp³-hybridized carbons (Fsp3) is 0.568. The van der Waals surface area contributed by atoms with Crippen molar-refractivity contribution in [2.24, 2.45) is 23.0 Å². The molecule has 1 aliphatic carbocycles. The first-order valence-corrected chi connectivity index (χ1v) is 21.6. The van der Waals surface area contributed by atoms with Gasteiger partial charge in [0, 0.05) is 91.4 Å². The van der Waals surface area contributed by atoms with Gasteiger partial charge in [-0.05, 0) is 69.8 Å². The minimum atomic E-state index is -0.398. The summed E-state index contributed by atoms with van der Waals surface area (Å²) in [4.78, 5) is 49.1. The molecular formula is C44H61KN8O5S. The van der Waals surface area contributed by atoms with Crippen molar-refractivity contribution in [3.05, 3.63) is 57.5 Å². The van der Waals surface area contributed by atoms with Crippen LogP contribution >= 0.6 is 11.3 Å². The van der Waals surface area contributed by atoms with Crippen LogP contribution in [0.2, 0.25) is 0 Å². The molecule has 3 N–H and O–H groups in total. The van der Waals surface area contributed by atoms with Gasteiger partial charge in [-0.2, -0.15) is 0 Å². The van der Waals surface area contributed by atoms with Gasteiger partial charge in [-0.15, -0.1) is 17.9 Å². The van der Waals surface area contributed by atoms with E-state index in [2.05, 4.69) is 89.6 Å². The number of rotatable bonds is 15. The second-order valence-corrected chi connectivity index (χ2v) is 17.7. The second-order valence-electron chi connectivity index (χ2n) is 16.8. The van der Waals surface area contributed by atoms with Crippen molar-refractivity contribution < 1.29 is 75.2 Å². The van der Waals surface area contributed by atoms with Gasteiger partial charge in [0.05, 0.1) is 52.7 Å². The SMILES string of the molecule is CC1C[C@@H]1C(N)=O.CCn1c(-c2cc(N3CCN(C)CC3)cnc2C(C)OC)c(CC(C)(C)COC(=O)C2CCC[N-]N2)c2cc(-c3csc(CCC=O)n3)ccc21.[K+]. The van der Waals surface area contributed by atoms with Gasteiger partial charge in [-0.1, -0.05) is 33.3 Å². The van der Waals surface area contributed by atoms with Crippen LogP contribution in [0.3, 0.4) is 0 Å². The number of piperazine rings is 1. The van der Waals surface area contributed by atoms with Crippen molar-refractivity contribution >= 4 is 46.1 Å². The molecule has 3 aliphatic rings. The number of hydrogen-bond donors (Lipinski definition) is 2. The predicted octanol–water partition coefficient (Wildman–Crippen LogP) is 3.72. The number of aromatic nitrogens is 3. The largest absolute Gasteiger partial charge is 1.00 e. The Hall–Kier alpha value is -2.57. The summed E-state index contributed by atoms with van der Waals surface area (Å²) >= 11 is 1.59. The maximum absolute atomic E-state index is 13.1. The number of nitrogens with one attached hydrogen (secondary N) is 1. The molecule has 13 nitrogen and oxygen atoms in total. The summed E-state index contributed by atoms with van der Waals surface area (Å²) in [6.07, 6.45) is 7.09. The van der Waals surface area contributed by atoms with E-state index in [0.29, 0.717) is 25.2 Å². The zero-order chi connectivity index (χ0) is 41.6. The Morgan fingerprint density at radius 1 is 1.19 bits per heavy atom. The fourth-order valence-corrected chi connectivity index (χ4v) is 8.69. The normalized spacial score (nSPS) is 20.0. The Morgan fingerprint density at radius 3 is 2.54 bits per heavy atom. The van der Waals surface area contributed by atoms with E-state index >= 15 is 0 Å². The summed E-state index contributed by atoms with van der Waals surface area (Å²) in [5, 5.41) is 4.17. The van der Waals surface area contributed by atoms with Crippen molar-refractivity contribution in [2.75, 3.05) is 58.4 Å². The number of aryl methyl sites for hydroxylation is 2. The molecule has 3 aromatic heterocycles. The molecule has 1 saturated carbocycles. The monoisotopic (exact) mass is 852 g/mol. The van der Waals surface area contributed by atoms with Gasteiger partial charge < -0.3 is 45.2 Å². The van der Waals surface area contributed by atoms with Gasteiger partial charge in [0.15, 0.2) is 0 Å². The summed E-state index contributed by atoms with van der Waals surface area (Å²) in [5.74, 6) is 0.393. The van der Waals surface area contributed by atoms with Crippen LogP contribution < -0.4 is 67.4 Å². The average molecular weight is 853 g/mol. The van der Waals surface area contributed by atoms with Gasteiger partial charge >= 0.3 is 57.4 Å². The number of benzene rings is 1. The number of fused-ring (bicyclic) bond motifs is 1. The van der Waals surface area contributed by atoms with E-state index in [0.717, 1.165) is 115 Å². The maximum Gasteiger partial charge on any atom is 1.00 e.